The molecule has 0 amide bonds. The summed E-state index contributed by atoms with van der Waals surface area (Å²) in [6, 6.07) is 5.96. The Morgan fingerprint density at radius 3 is 2.60 bits per heavy atom. The average Bonchev–Trinajstić information content (AvgIpc) is 3.28. The SMILES string of the molecule is CC(C)=CCn1c(N2CCCC(N)C2)nc2c1c(=O)n(CC(=O)c1cccc(NS(=O)(=O)C(C)C)c1)c(=O)n2C. The number of carbonyl (C=O) groups is 1. The molecule has 12 nitrogen and oxygen atoms in total. The van der Waals surface area contributed by atoms with Crippen LogP contribution in [0.4, 0.5) is 11.6 Å². The Morgan fingerprint density at radius 2 is 1.95 bits per heavy atom. The first-order valence-corrected chi connectivity index (χ1v) is 14.8. The van der Waals surface area contributed by atoms with Crippen molar-refractivity contribution in [2.45, 2.75) is 64.9 Å². The molecule has 1 unspecified atom stereocenters. The van der Waals surface area contributed by atoms with Gasteiger partial charge in [-0.05, 0) is 52.7 Å². The molecule has 0 radical (unpaired) electrons. The summed E-state index contributed by atoms with van der Waals surface area (Å²) < 4.78 is 31.0. The van der Waals surface area contributed by atoms with Crippen LogP contribution in [0.1, 0.15) is 50.9 Å². The summed E-state index contributed by atoms with van der Waals surface area (Å²) in [6.07, 6.45) is 3.76. The van der Waals surface area contributed by atoms with E-state index in [4.69, 9.17) is 10.7 Å². The molecule has 2 aromatic heterocycles. The zero-order chi connectivity index (χ0) is 29.4. The highest BCUT2D eigenvalue weighted by Gasteiger charge is 2.26. The Labute approximate surface area is 233 Å². The largest absolute Gasteiger partial charge is 0.341 e. The second kappa shape index (κ2) is 11.4. The molecule has 1 atom stereocenters. The van der Waals surface area contributed by atoms with Gasteiger partial charge in [0.2, 0.25) is 16.0 Å². The number of fused-ring (bicyclic) bond motifs is 1. The summed E-state index contributed by atoms with van der Waals surface area (Å²) in [7, 11) is -2.09. The maximum Gasteiger partial charge on any atom is 0.332 e. The first-order valence-electron chi connectivity index (χ1n) is 13.3. The summed E-state index contributed by atoms with van der Waals surface area (Å²) in [6.45, 7) is 8.15. The number of carbonyl (C=O) groups excluding carboxylic acids is 1. The predicted molar refractivity (Wildman–Crippen MR) is 157 cm³/mol. The van der Waals surface area contributed by atoms with E-state index in [1.807, 2.05) is 24.8 Å². The van der Waals surface area contributed by atoms with Gasteiger partial charge in [-0.3, -0.25) is 23.4 Å². The number of benzene rings is 1. The van der Waals surface area contributed by atoms with Gasteiger partial charge in [0.1, 0.15) is 0 Å². The summed E-state index contributed by atoms with van der Waals surface area (Å²) in [4.78, 5) is 47.1. The number of nitrogens with one attached hydrogen (secondary N) is 1. The van der Waals surface area contributed by atoms with Crippen molar-refractivity contribution in [1.29, 1.82) is 0 Å². The van der Waals surface area contributed by atoms with Crippen molar-refractivity contribution in [3.8, 4) is 0 Å². The second-order valence-electron chi connectivity index (χ2n) is 10.8. The van der Waals surface area contributed by atoms with Gasteiger partial charge in [-0.2, -0.15) is 4.98 Å². The molecule has 40 heavy (non-hydrogen) atoms. The molecule has 3 aromatic rings. The molecule has 216 valence electrons. The van der Waals surface area contributed by atoms with E-state index in [-0.39, 0.29) is 28.5 Å². The van der Waals surface area contributed by atoms with E-state index in [1.54, 1.807) is 24.5 Å². The van der Waals surface area contributed by atoms with E-state index in [0.717, 1.165) is 29.5 Å². The minimum atomic E-state index is -3.62. The Balaban J connectivity index is 1.78. The lowest BCUT2D eigenvalue weighted by Crippen LogP contribution is -2.44. The van der Waals surface area contributed by atoms with E-state index < -0.39 is 38.9 Å². The van der Waals surface area contributed by atoms with Gasteiger partial charge >= 0.3 is 5.69 Å². The molecule has 0 spiro atoms. The Morgan fingerprint density at radius 1 is 1.23 bits per heavy atom. The number of anilines is 2. The Kier molecular flexibility index (Phi) is 8.36. The Hall–Kier alpha value is -3.71. The normalized spacial score (nSPS) is 16.0. The molecular weight excluding hydrogens is 534 g/mol. The first kappa shape index (κ1) is 29.3. The lowest BCUT2D eigenvalue weighted by Gasteiger charge is -2.31. The van der Waals surface area contributed by atoms with E-state index in [1.165, 1.54) is 29.8 Å². The highest BCUT2D eigenvalue weighted by atomic mass is 32.2. The third-order valence-electron chi connectivity index (χ3n) is 7.00. The van der Waals surface area contributed by atoms with E-state index in [0.29, 0.717) is 19.0 Å². The number of ketones is 1. The smallest absolute Gasteiger partial charge is 0.332 e. The molecule has 1 aliphatic heterocycles. The fourth-order valence-electron chi connectivity index (χ4n) is 4.65. The van der Waals surface area contributed by atoms with Gasteiger partial charge in [0.05, 0.1) is 11.8 Å². The van der Waals surface area contributed by atoms with Crippen LogP contribution in [0.3, 0.4) is 0 Å². The maximum absolute atomic E-state index is 13.8. The van der Waals surface area contributed by atoms with Crippen LogP contribution >= 0.6 is 0 Å². The number of imidazole rings is 1. The van der Waals surface area contributed by atoms with Crippen molar-refractivity contribution in [2.24, 2.45) is 12.8 Å². The van der Waals surface area contributed by atoms with Crippen molar-refractivity contribution in [3.05, 3.63) is 62.3 Å². The lowest BCUT2D eigenvalue weighted by molar-refractivity contribution is 0.0969. The van der Waals surface area contributed by atoms with E-state index in [2.05, 4.69) is 4.72 Å². The zero-order valence-electron chi connectivity index (χ0n) is 23.5. The van der Waals surface area contributed by atoms with Crippen LogP contribution in [0, 0.1) is 0 Å². The third-order valence-corrected chi connectivity index (χ3v) is 8.76. The van der Waals surface area contributed by atoms with Crippen molar-refractivity contribution in [3.63, 3.8) is 0 Å². The van der Waals surface area contributed by atoms with Crippen LogP contribution in [-0.2, 0) is 30.2 Å². The molecule has 3 N–H and O–H groups in total. The standard InChI is InChI=1S/C27H37N7O5S/c1-17(2)11-13-33-23-24(29-26(33)32-12-7-9-20(28)15-32)31(5)27(37)34(25(23)36)16-22(35)19-8-6-10-21(14-19)30-40(38,39)18(3)4/h6,8,10-11,14,18,20,30H,7,9,12-13,15-16,28H2,1-5H3. The average molecular weight is 572 g/mol. The van der Waals surface area contributed by atoms with E-state index in [9.17, 15) is 22.8 Å². The van der Waals surface area contributed by atoms with Crippen LogP contribution in [0.2, 0.25) is 0 Å². The number of nitrogens with zero attached hydrogens (tertiary/aromatic N) is 5. The van der Waals surface area contributed by atoms with Gasteiger partial charge in [-0.15, -0.1) is 0 Å². The number of allylic oxidation sites excluding steroid dienone is 2. The Bertz CT molecular complexity index is 1690. The number of piperidine rings is 1. The molecule has 1 aromatic carbocycles. The van der Waals surface area contributed by atoms with Crippen LogP contribution in [0.25, 0.3) is 11.2 Å². The summed E-state index contributed by atoms with van der Waals surface area (Å²) in [5.41, 5.74) is 6.83. The highest BCUT2D eigenvalue weighted by molar-refractivity contribution is 7.93. The molecule has 0 aliphatic carbocycles. The van der Waals surface area contributed by atoms with Crippen molar-refractivity contribution >= 4 is 38.6 Å². The quantitative estimate of drug-likeness (QED) is 0.291. The summed E-state index contributed by atoms with van der Waals surface area (Å²) in [5, 5.41) is -0.665. The summed E-state index contributed by atoms with van der Waals surface area (Å²) >= 11 is 0. The molecule has 1 aliphatic rings. The van der Waals surface area contributed by atoms with E-state index >= 15 is 0 Å². The van der Waals surface area contributed by atoms with Gasteiger partial charge in [-0.25, -0.2) is 13.2 Å². The molecular formula is C27H37N7O5S. The topological polar surface area (TPSA) is 154 Å². The number of aryl methyl sites for hydroxylation is 1. The number of nitrogens with two attached hydrogens (primary N) is 1. The second-order valence-corrected chi connectivity index (χ2v) is 13.0. The van der Waals surface area contributed by atoms with Crippen LogP contribution in [0.5, 0.6) is 0 Å². The number of rotatable bonds is 9. The van der Waals surface area contributed by atoms with Crippen LogP contribution in [-0.4, -0.2) is 57.3 Å². The number of hydrogen-bond acceptors (Lipinski definition) is 8. The van der Waals surface area contributed by atoms with Crippen LogP contribution in [0.15, 0.2) is 45.5 Å². The van der Waals surface area contributed by atoms with Crippen molar-refractivity contribution in [2.75, 3.05) is 22.7 Å². The van der Waals surface area contributed by atoms with Gasteiger partial charge < -0.3 is 15.2 Å². The number of aromatic nitrogens is 4. The van der Waals surface area contributed by atoms with Gasteiger partial charge in [0, 0.05) is 44.0 Å². The van der Waals surface area contributed by atoms with Crippen molar-refractivity contribution < 1.29 is 13.2 Å². The minimum Gasteiger partial charge on any atom is -0.341 e. The lowest BCUT2D eigenvalue weighted by atomic mass is 10.1. The third kappa shape index (κ3) is 5.89. The molecule has 1 fully saturated rings. The molecule has 4 rings (SSSR count). The fraction of sp³-hybridized carbons (Fsp3) is 0.481. The number of Topliss-reactive ketones (excluding diaryl/α,β-unsaturated/α-hetero) is 1. The molecule has 0 saturated carbocycles. The molecule has 0 bridgehead atoms. The predicted octanol–water partition coefficient (Wildman–Crippen LogP) is 1.82. The molecule has 13 heteroatoms. The fourth-order valence-corrected chi connectivity index (χ4v) is 5.34. The summed E-state index contributed by atoms with van der Waals surface area (Å²) in [5.74, 6) is 0.0469. The van der Waals surface area contributed by atoms with Crippen LogP contribution < -0.4 is 26.6 Å². The monoisotopic (exact) mass is 571 g/mol. The number of sulfonamides is 1. The molecule has 1 saturated heterocycles. The van der Waals surface area contributed by atoms with Gasteiger partial charge in [-0.1, -0.05) is 23.8 Å². The van der Waals surface area contributed by atoms with Gasteiger partial charge in [0.25, 0.3) is 5.56 Å². The molecule has 3 heterocycles. The van der Waals surface area contributed by atoms with Crippen molar-refractivity contribution in [1.82, 2.24) is 18.7 Å². The maximum atomic E-state index is 13.8. The minimum absolute atomic E-state index is 0.0238. The zero-order valence-corrected chi connectivity index (χ0v) is 24.4. The highest BCUT2D eigenvalue weighted by Crippen LogP contribution is 2.23. The van der Waals surface area contributed by atoms with Gasteiger partial charge in [0.15, 0.2) is 16.9 Å². The number of hydrogen-bond donors (Lipinski definition) is 2. The first-order chi connectivity index (χ1) is 18.8.